The topological polar surface area (TPSA) is 52.0 Å². The second kappa shape index (κ2) is 3.58. The Hall–Kier alpha value is -1.09. The first-order valence-electron chi connectivity index (χ1n) is 4.63. The second-order valence-corrected chi connectivity index (χ2v) is 4.62. The summed E-state index contributed by atoms with van der Waals surface area (Å²) in [5, 5.41) is 0. The lowest BCUT2D eigenvalue weighted by molar-refractivity contribution is 0.327. The van der Waals surface area contributed by atoms with E-state index in [1.165, 1.54) is 12.1 Å². The molecule has 0 heterocycles. The van der Waals surface area contributed by atoms with E-state index in [9.17, 15) is 4.39 Å². The molecule has 1 rings (SSSR count). The highest BCUT2D eigenvalue weighted by atomic mass is 19.1. The van der Waals surface area contributed by atoms with Gasteiger partial charge in [-0.2, -0.15) is 0 Å². The molecule has 1 aromatic rings. The minimum absolute atomic E-state index is 0.123. The van der Waals surface area contributed by atoms with Crippen LogP contribution in [0, 0.1) is 11.2 Å². The van der Waals surface area contributed by atoms with Crippen LogP contribution in [0.1, 0.15) is 32.4 Å². The van der Waals surface area contributed by atoms with Crippen molar-refractivity contribution in [2.24, 2.45) is 11.1 Å². The third-order valence-electron chi connectivity index (χ3n) is 2.32. The fraction of sp³-hybridized carbons (Fsp3) is 0.455. The van der Waals surface area contributed by atoms with Gasteiger partial charge in [-0.3, -0.25) is 0 Å². The SMILES string of the molecule is CC(C)(C)[C@@H](N)c1cc(F)ccc1N. The van der Waals surface area contributed by atoms with Crippen LogP contribution in [-0.2, 0) is 0 Å². The van der Waals surface area contributed by atoms with Gasteiger partial charge in [0.25, 0.3) is 0 Å². The standard InChI is InChI=1S/C11H17FN2/c1-11(2,3)10(14)8-6-7(12)4-5-9(8)13/h4-6,10H,13-14H2,1-3H3/t10-/m0/s1. The molecular formula is C11H17FN2. The summed E-state index contributed by atoms with van der Waals surface area (Å²) in [6.07, 6.45) is 0. The molecule has 2 nitrogen and oxygen atoms in total. The first-order chi connectivity index (χ1) is 6.32. The van der Waals surface area contributed by atoms with E-state index < -0.39 is 0 Å². The van der Waals surface area contributed by atoms with Crippen molar-refractivity contribution in [1.29, 1.82) is 0 Å². The van der Waals surface area contributed by atoms with E-state index in [1.807, 2.05) is 20.8 Å². The zero-order valence-corrected chi connectivity index (χ0v) is 8.84. The lowest BCUT2D eigenvalue weighted by atomic mass is 9.82. The Morgan fingerprint density at radius 2 is 1.86 bits per heavy atom. The van der Waals surface area contributed by atoms with E-state index in [0.29, 0.717) is 11.3 Å². The number of halogens is 1. The van der Waals surface area contributed by atoms with Gasteiger partial charge < -0.3 is 11.5 Å². The lowest BCUT2D eigenvalue weighted by Crippen LogP contribution is -2.27. The normalized spacial score (nSPS) is 14.1. The number of rotatable bonds is 1. The molecule has 0 bridgehead atoms. The van der Waals surface area contributed by atoms with Crippen LogP contribution in [-0.4, -0.2) is 0 Å². The largest absolute Gasteiger partial charge is 0.398 e. The third kappa shape index (κ3) is 2.23. The van der Waals surface area contributed by atoms with Crippen LogP contribution in [0.5, 0.6) is 0 Å². The predicted molar refractivity (Wildman–Crippen MR) is 57.2 cm³/mol. The minimum Gasteiger partial charge on any atom is -0.398 e. The van der Waals surface area contributed by atoms with Gasteiger partial charge in [-0.15, -0.1) is 0 Å². The highest BCUT2D eigenvalue weighted by molar-refractivity contribution is 5.48. The summed E-state index contributed by atoms with van der Waals surface area (Å²) < 4.78 is 13.0. The van der Waals surface area contributed by atoms with Gasteiger partial charge >= 0.3 is 0 Å². The second-order valence-electron chi connectivity index (χ2n) is 4.62. The summed E-state index contributed by atoms with van der Waals surface area (Å²) >= 11 is 0. The summed E-state index contributed by atoms with van der Waals surface area (Å²) in [5.74, 6) is -0.297. The van der Waals surface area contributed by atoms with Gasteiger partial charge in [0, 0.05) is 11.7 Å². The van der Waals surface area contributed by atoms with Crippen molar-refractivity contribution in [2.45, 2.75) is 26.8 Å². The Kier molecular flexibility index (Phi) is 2.81. The molecule has 14 heavy (non-hydrogen) atoms. The average Bonchev–Trinajstić information content (AvgIpc) is 2.06. The van der Waals surface area contributed by atoms with E-state index in [-0.39, 0.29) is 17.3 Å². The first kappa shape index (κ1) is 11.0. The van der Waals surface area contributed by atoms with Gasteiger partial charge in [0.1, 0.15) is 5.82 Å². The zero-order valence-electron chi connectivity index (χ0n) is 8.84. The fourth-order valence-electron chi connectivity index (χ4n) is 1.28. The molecule has 0 aliphatic heterocycles. The predicted octanol–water partition coefficient (Wildman–Crippen LogP) is 2.45. The Balaban J connectivity index is 3.12. The highest BCUT2D eigenvalue weighted by Gasteiger charge is 2.24. The summed E-state index contributed by atoms with van der Waals surface area (Å²) in [5.41, 5.74) is 12.8. The molecule has 78 valence electrons. The average molecular weight is 196 g/mol. The number of hydrogen-bond donors (Lipinski definition) is 2. The molecule has 0 unspecified atom stereocenters. The maximum atomic E-state index is 13.0. The summed E-state index contributed by atoms with van der Waals surface area (Å²) in [6, 6.07) is 4.05. The van der Waals surface area contributed by atoms with Crippen molar-refractivity contribution < 1.29 is 4.39 Å². The van der Waals surface area contributed by atoms with Crippen molar-refractivity contribution >= 4 is 5.69 Å². The van der Waals surface area contributed by atoms with Crippen molar-refractivity contribution in [3.8, 4) is 0 Å². The Bertz CT molecular complexity index is 329. The maximum absolute atomic E-state index is 13.0. The Labute approximate surface area is 84.1 Å². The minimum atomic E-state index is -0.297. The molecule has 0 aliphatic rings. The van der Waals surface area contributed by atoms with E-state index in [1.54, 1.807) is 6.07 Å². The Morgan fingerprint density at radius 1 is 1.29 bits per heavy atom. The van der Waals surface area contributed by atoms with Crippen molar-refractivity contribution in [3.05, 3.63) is 29.6 Å². The molecule has 0 radical (unpaired) electrons. The summed E-state index contributed by atoms with van der Waals surface area (Å²) in [6.45, 7) is 6.01. The molecule has 0 aromatic heterocycles. The first-order valence-corrected chi connectivity index (χ1v) is 4.63. The van der Waals surface area contributed by atoms with Gasteiger partial charge in [0.2, 0.25) is 0 Å². The fourth-order valence-corrected chi connectivity index (χ4v) is 1.28. The monoisotopic (exact) mass is 196 g/mol. The molecule has 1 atom stereocenters. The molecular weight excluding hydrogens is 179 g/mol. The van der Waals surface area contributed by atoms with Crippen molar-refractivity contribution in [3.63, 3.8) is 0 Å². The molecule has 0 saturated heterocycles. The maximum Gasteiger partial charge on any atom is 0.123 e. The van der Waals surface area contributed by atoms with Crippen LogP contribution < -0.4 is 11.5 Å². The molecule has 0 amide bonds. The van der Waals surface area contributed by atoms with Gasteiger partial charge in [-0.05, 0) is 29.2 Å². The zero-order chi connectivity index (χ0) is 10.9. The van der Waals surface area contributed by atoms with E-state index >= 15 is 0 Å². The quantitative estimate of drug-likeness (QED) is 0.678. The summed E-state index contributed by atoms with van der Waals surface area (Å²) in [7, 11) is 0. The molecule has 4 N–H and O–H groups in total. The van der Waals surface area contributed by atoms with Crippen LogP contribution >= 0.6 is 0 Å². The lowest BCUT2D eigenvalue weighted by Gasteiger charge is -2.28. The molecule has 0 saturated carbocycles. The third-order valence-corrected chi connectivity index (χ3v) is 2.32. The van der Waals surface area contributed by atoms with Crippen LogP contribution in [0.2, 0.25) is 0 Å². The van der Waals surface area contributed by atoms with Gasteiger partial charge in [0.05, 0.1) is 0 Å². The van der Waals surface area contributed by atoms with E-state index in [2.05, 4.69) is 0 Å². The number of anilines is 1. The van der Waals surface area contributed by atoms with Crippen LogP contribution in [0.25, 0.3) is 0 Å². The van der Waals surface area contributed by atoms with Crippen LogP contribution in [0.4, 0.5) is 10.1 Å². The molecule has 0 aliphatic carbocycles. The molecule has 3 heteroatoms. The van der Waals surface area contributed by atoms with Gasteiger partial charge in [-0.25, -0.2) is 4.39 Å². The number of hydrogen-bond acceptors (Lipinski definition) is 2. The van der Waals surface area contributed by atoms with Crippen LogP contribution in [0.15, 0.2) is 18.2 Å². The smallest absolute Gasteiger partial charge is 0.123 e. The molecule has 0 spiro atoms. The van der Waals surface area contributed by atoms with E-state index in [0.717, 1.165) is 0 Å². The number of nitrogen functional groups attached to an aromatic ring is 1. The Morgan fingerprint density at radius 3 is 2.36 bits per heavy atom. The van der Waals surface area contributed by atoms with Gasteiger partial charge in [-0.1, -0.05) is 20.8 Å². The number of benzene rings is 1. The van der Waals surface area contributed by atoms with Crippen molar-refractivity contribution in [1.82, 2.24) is 0 Å². The summed E-state index contributed by atoms with van der Waals surface area (Å²) in [4.78, 5) is 0. The van der Waals surface area contributed by atoms with E-state index in [4.69, 9.17) is 11.5 Å². The number of nitrogens with two attached hydrogens (primary N) is 2. The highest BCUT2D eigenvalue weighted by Crippen LogP contribution is 2.33. The molecule has 1 aromatic carbocycles. The molecule has 0 fully saturated rings. The van der Waals surface area contributed by atoms with Crippen LogP contribution in [0.3, 0.4) is 0 Å². The van der Waals surface area contributed by atoms with Crippen molar-refractivity contribution in [2.75, 3.05) is 5.73 Å². The van der Waals surface area contributed by atoms with Gasteiger partial charge in [0.15, 0.2) is 0 Å².